The molecule has 0 radical (unpaired) electrons. The highest BCUT2D eigenvalue weighted by molar-refractivity contribution is 5.96. The van der Waals surface area contributed by atoms with Gasteiger partial charge in [-0.2, -0.15) is 13.9 Å². The van der Waals surface area contributed by atoms with Crippen molar-refractivity contribution in [1.29, 1.82) is 0 Å². The van der Waals surface area contributed by atoms with Crippen molar-refractivity contribution in [3.05, 3.63) is 47.8 Å². The molecule has 25 heavy (non-hydrogen) atoms. The van der Waals surface area contributed by atoms with E-state index in [4.69, 9.17) is 0 Å². The monoisotopic (exact) mass is 348 g/mol. The molecule has 0 saturated carbocycles. The van der Waals surface area contributed by atoms with Crippen molar-refractivity contribution >= 4 is 17.2 Å². The average Bonchev–Trinajstić information content (AvgIpc) is 2.94. The van der Waals surface area contributed by atoms with E-state index in [1.807, 2.05) is 13.8 Å². The summed E-state index contributed by atoms with van der Waals surface area (Å²) in [5.41, 5.74) is 1.42. The zero-order valence-electron chi connectivity index (χ0n) is 13.5. The summed E-state index contributed by atoms with van der Waals surface area (Å²) < 4.78 is 45.5. The maximum atomic E-state index is 14.6. The van der Waals surface area contributed by atoms with Crippen molar-refractivity contribution in [3.63, 3.8) is 0 Å². The lowest BCUT2D eigenvalue weighted by molar-refractivity contribution is -0.0498. The standard InChI is InChI=1S/C18H15F3N2O2/c1-10(2)23-15-7-11(9-24)6-14(19)16(15)17(22-23)12-4-3-5-13(8-12)25-18(20)21/h3-10,18H,1-2H3. The number of aldehydes is 1. The second kappa shape index (κ2) is 6.58. The molecule has 4 nitrogen and oxygen atoms in total. The number of ether oxygens (including phenoxy) is 1. The first-order valence-corrected chi connectivity index (χ1v) is 7.63. The SMILES string of the molecule is CC(C)n1nc(-c2cccc(OC(F)F)c2)c2c(F)cc(C=O)cc21. The predicted octanol–water partition coefficient (Wildman–Crippen LogP) is 4.84. The van der Waals surface area contributed by atoms with Gasteiger partial charge in [-0.25, -0.2) is 4.39 Å². The maximum absolute atomic E-state index is 14.6. The van der Waals surface area contributed by atoms with E-state index in [0.717, 1.165) is 6.07 Å². The van der Waals surface area contributed by atoms with Gasteiger partial charge in [0.2, 0.25) is 0 Å². The van der Waals surface area contributed by atoms with Gasteiger partial charge in [-0.3, -0.25) is 9.48 Å². The van der Waals surface area contributed by atoms with E-state index in [1.165, 1.54) is 18.2 Å². The normalized spacial score (nSPS) is 11.5. The van der Waals surface area contributed by atoms with Gasteiger partial charge in [-0.1, -0.05) is 12.1 Å². The van der Waals surface area contributed by atoms with Crippen LogP contribution in [-0.2, 0) is 0 Å². The third kappa shape index (κ3) is 3.22. The summed E-state index contributed by atoms with van der Waals surface area (Å²) in [6.07, 6.45) is 0.566. The molecule has 0 atom stereocenters. The Balaban J connectivity index is 2.25. The van der Waals surface area contributed by atoms with Gasteiger partial charge in [0, 0.05) is 17.2 Å². The van der Waals surface area contributed by atoms with Crippen molar-refractivity contribution in [3.8, 4) is 17.0 Å². The summed E-state index contributed by atoms with van der Waals surface area (Å²) in [6, 6.07) is 8.54. The minimum absolute atomic E-state index is 0.0373. The number of rotatable bonds is 5. The highest BCUT2D eigenvalue weighted by Crippen LogP contribution is 2.34. The van der Waals surface area contributed by atoms with Gasteiger partial charge < -0.3 is 4.74 Å². The number of carbonyl (C=O) groups is 1. The van der Waals surface area contributed by atoms with E-state index >= 15 is 0 Å². The van der Waals surface area contributed by atoms with E-state index in [0.29, 0.717) is 23.1 Å². The lowest BCUT2D eigenvalue weighted by atomic mass is 10.1. The van der Waals surface area contributed by atoms with Crippen molar-refractivity contribution in [2.75, 3.05) is 0 Å². The molecule has 3 rings (SSSR count). The van der Waals surface area contributed by atoms with E-state index in [9.17, 15) is 18.0 Å². The van der Waals surface area contributed by atoms with Crippen molar-refractivity contribution < 1.29 is 22.7 Å². The Hall–Kier alpha value is -2.83. The van der Waals surface area contributed by atoms with Crippen LogP contribution in [0.4, 0.5) is 13.2 Å². The van der Waals surface area contributed by atoms with Crippen molar-refractivity contribution in [2.24, 2.45) is 0 Å². The summed E-state index contributed by atoms with van der Waals surface area (Å²) in [4.78, 5) is 11.0. The van der Waals surface area contributed by atoms with Gasteiger partial charge in [-0.15, -0.1) is 0 Å². The number of halogens is 3. The Bertz CT molecular complexity index is 935. The summed E-state index contributed by atoms with van der Waals surface area (Å²) in [5, 5.41) is 4.66. The van der Waals surface area contributed by atoms with Crippen LogP contribution in [-0.4, -0.2) is 22.7 Å². The molecule has 7 heteroatoms. The van der Waals surface area contributed by atoms with Crippen LogP contribution < -0.4 is 4.74 Å². The number of hydrogen-bond acceptors (Lipinski definition) is 3. The first kappa shape index (κ1) is 17.0. The first-order valence-electron chi connectivity index (χ1n) is 7.63. The zero-order valence-corrected chi connectivity index (χ0v) is 13.5. The number of alkyl halides is 2. The first-order chi connectivity index (χ1) is 11.9. The van der Waals surface area contributed by atoms with Crippen molar-refractivity contribution in [1.82, 2.24) is 9.78 Å². The molecule has 0 aliphatic rings. The number of nitrogens with zero attached hydrogens (tertiary/aromatic N) is 2. The van der Waals surface area contributed by atoms with Gasteiger partial charge in [0.05, 0.1) is 10.9 Å². The van der Waals surface area contributed by atoms with Crippen LogP contribution in [0.3, 0.4) is 0 Å². The molecule has 0 bridgehead atoms. The molecular weight excluding hydrogens is 333 g/mol. The predicted molar refractivity (Wildman–Crippen MR) is 87.5 cm³/mol. The van der Waals surface area contributed by atoms with Crippen LogP contribution >= 0.6 is 0 Å². The van der Waals surface area contributed by atoms with Crippen LogP contribution in [0.1, 0.15) is 30.2 Å². The van der Waals surface area contributed by atoms with Gasteiger partial charge in [0.15, 0.2) is 0 Å². The molecule has 0 spiro atoms. The second-order valence-corrected chi connectivity index (χ2v) is 5.81. The molecule has 0 N–H and O–H groups in total. The fourth-order valence-corrected chi connectivity index (χ4v) is 2.72. The molecule has 0 fully saturated rings. The molecule has 0 aliphatic carbocycles. The lowest BCUT2D eigenvalue weighted by Gasteiger charge is -2.07. The third-order valence-corrected chi connectivity index (χ3v) is 3.74. The Morgan fingerprint density at radius 2 is 1.96 bits per heavy atom. The number of hydrogen-bond donors (Lipinski definition) is 0. The van der Waals surface area contributed by atoms with E-state index in [-0.39, 0.29) is 22.7 Å². The smallest absolute Gasteiger partial charge is 0.387 e. The van der Waals surface area contributed by atoms with Crippen LogP contribution in [0, 0.1) is 5.82 Å². The molecule has 1 aromatic heterocycles. The minimum Gasteiger partial charge on any atom is -0.435 e. The topological polar surface area (TPSA) is 44.1 Å². The Morgan fingerprint density at radius 3 is 2.60 bits per heavy atom. The lowest BCUT2D eigenvalue weighted by Crippen LogP contribution is -2.03. The molecular formula is C18H15F3N2O2. The molecule has 0 aliphatic heterocycles. The van der Waals surface area contributed by atoms with Crippen LogP contribution in [0.5, 0.6) is 5.75 Å². The van der Waals surface area contributed by atoms with Gasteiger partial charge in [-0.05, 0) is 38.1 Å². The fraction of sp³-hybridized carbons (Fsp3) is 0.222. The van der Waals surface area contributed by atoms with E-state index < -0.39 is 12.4 Å². The highest BCUT2D eigenvalue weighted by atomic mass is 19.3. The summed E-state index contributed by atoms with van der Waals surface area (Å²) in [5.74, 6) is -0.633. The van der Waals surface area contributed by atoms with Gasteiger partial charge in [0.1, 0.15) is 23.5 Å². The molecule has 0 unspecified atom stereocenters. The Labute approximate surface area is 141 Å². The maximum Gasteiger partial charge on any atom is 0.387 e. The van der Waals surface area contributed by atoms with Gasteiger partial charge >= 0.3 is 6.61 Å². The van der Waals surface area contributed by atoms with Gasteiger partial charge in [0.25, 0.3) is 0 Å². The Kier molecular flexibility index (Phi) is 4.48. The largest absolute Gasteiger partial charge is 0.435 e. The minimum atomic E-state index is -2.95. The number of benzene rings is 2. The highest BCUT2D eigenvalue weighted by Gasteiger charge is 2.19. The number of aromatic nitrogens is 2. The van der Waals surface area contributed by atoms with Crippen LogP contribution in [0.2, 0.25) is 0 Å². The third-order valence-electron chi connectivity index (χ3n) is 3.74. The van der Waals surface area contributed by atoms with E-state index in [2.05, 4.69) is 9.84 Å². The zero-order chi connectivity index (χ0) is 18.1. The molecule has 3 aromatic rings. The van der Waals surface area contributed by atoms with Crippen LogP contribution in [0.25, 0.3) is 22.2 Å². The molecule has 0 saturated heterocycles. The fourth-order valence-electron chi connectivity index (χ4n) is 2.72. The molecule has 1 heterocycles. The number of carbonyl (C=O) groups excluding carboxylic acids is 1. The second-order valence-electron chi connectivity index (χ2n) is 5.81. The average molecular weight is 348 g/mol. The number of fused-ring (bicyclic) bond motifs is 1. The Morgan fingerprint density at radius 1 is 1.20 bits per heavy atom. The molecule has 130 valence electrons. The summed E-state index contributed by atoms with van der Waals surface area (Å²) in [7, 11) is 0. The van der Waals surface area contributed by atoms with E-state index in [1.54, 1.807) is 16.8 Å². The van der Waals surface area contributed by atoms with Crippen molar-refractivity contribution in [2.45, 2.75) is 26.5 Å². The quantitative estimate of drug-likeness (QED) is 0.620. The summed E-state index contributed by atoms with van der Waals surface area (Å²) in [6.45, 7) is 0.794. The van der Waals surface area contributed by atoms with Crippen LogP contribution in [0.15, 0.2) is 36.4 Å². The molecule has 0 amide bonds. The summed E-state index contributed by atoms with van der Waals surface area (Å²) >= 11 is 0. The molecule has 2 aromatic carbocycles.